The van der Waals surface area contributed by atoms with Gasteiger partial charge in [0.15, 0.2) is 5.78 Å². The predicted octanol–water partition coefficient (Wildman–Crippen LogP) is 3.44. The first-order valence-electron chi connectivity index (χ1n) is 8.96. The second kappa shape index (κ2) is 9.36. The van der Waals surface area contributed by atoms with Crippen LogP contribution in [0.15, 0.2) is 12.7 Å². The van der Waals surface area contributed by atoms with E-state index in [0.717, 1.165) is 0 Å². The molecule has 1 atom stereocenters. The highest BCUT2D eigenvalue weighted by atomic mass is 16.5. The van der Waals surface area contributed by atoms with Crippen LogP contribution >= 0.6 is 0 Å². The standard InChI is InChI=1S/C20H30N2O4/c1-8-10-22(16(23)11-12(3)4)15(7)19(24)17-13(5)18(21-14(17)6)20(25)26-9-2/h8,12,15,21H,1,9-11H2,2-7H3/t15-/m0/s1. The van der Waals surface area contributed by atoms with E-state index in [-0.39, 0.29) is 29.9 Å². The van der Waals surface area contributed by atoms with E-state index in [1.807, 2.05) is 13.8 Å². The fourth-order valence-electron chi connectivity index (χ4n) is 2.96. The fourth-order valence-corrected chi connectivity index (χ4v) is 2.96. The summed E-state index contributed by atoms with van der Waals surface area (Å²) in [4.78, 5) is 42.1. The summed E-state index contributed by atoms with van der Waals surface area (Å²) in [6.45, 7) is 15.0. The van der Waals surface area contributed by atoms with Crippen molar-refractivity contribution < 1.29 is 19.1 Å². The minimum absolute atomic E-state index is 0.0859. The summed E-state index contributed by atoms with van der Waals surface area (Å²) in [5.74, 6) is -0.579. The second-order valence-corrected chi connectivity index (χ2v) is 6.82. The molecule has 0 aliphatic heterocycles. The van der Waals surface area contributed by atoms with Crippen LogP contribution in [-0.4, -0.2) is 46.7 Å². The Morgan fingerprint density at radius 1 is 1.23 bits per heavy atom. The molecule has 6 nitrogen and oxygen atoms in total. The average Bonchev–Trinajstić information content (AvgIpc) is 2.85. The number of H-pyrrole nitrogens is 1. The molecular weight excluding hydrogens is 332 g/mol. The summed E-state index contributed by atoms with van der Waals surface area (Å²) in [7, 11) is 0. The number of rotatable bonds is 9. The summed E-state index contributed by atoms with van der Waals surface area (Å²) >= 11 is 0. The molecule has 1 heterocycles. The van der Waals surface area contributed by atoms with E-state index in [1.54, 1.807) is 33.8 Å². The molecule has 0 aliphatic carbocycles. The van der Waals surface area contributed by atoms with Crippen molar-refractivity contribution in [1.29, 1.82) is 0 Å². The summed E-state index contributed by atoms with van der Waals surface area (Å²) in [5, 5.41) is 0. The molecule has 0 fully saturated rings. The Morgan fingerprint density at radius 2 is 1.85 bits per heavy atom. The van der Waals surface area contributed by atoms with Gasteiger partial charge in [-0.2, -0.15) is 0 Å². The Labute approximate surface area is 155 Å². The lowest BCUT2D eigenvalue weighted by Gasteiger charge is -2.28. The molecule has 0 saturated heterocycles. The van der Waals surface area contributed by atoms with Crippen molar-refractivity contribution >= 4 is 17.7 Å². The molecule has 26 heavy (non-hydrogen) atoms. The maximum absolute atomic E-state index is 13.1. The normalized spacial score (nSPS) is 12.0. The van der Waals surface area contributed by atoms with Crippen molar-refractivity contribution in [3.8, 4) is 0 Å². The number of hydrogen-bond acceptors (Lipinski definition) is 4. The highest BCUT2D eigenvalue weighted by Gasteiger charge is 2.30. The number of carbonyl (C=O) groups is 3. The van der Waals surface area contributed by atoms with Crippen molar-refractivity contribution in [2.75, 3.05) is 13.2 Å². The zero-order chi connectivity index (χ0) is 20.0. The third-order valence-corrected chi connectivity index (χ3v) is 4.24. The first kappa shape index (κ1) is 21.7. The molecule has 1 amide bonds. The molecule has 0 bridgehead atoms. The van der Waals surface area contributed by atoms with Gasteiger partial charge in [0.25, 0.3) is 0 Å². The Hall–Kier alpha value is -2.37. The van der Waals surface area contributed by atoms with Crippen LogP contribution in [0.4, 0.5) is 0 Å². The van der Waals surface area contributed by atoms with Gasteiger partial charge in [-0.15, -0.1) is 6.58 Å². The number of ketones is 1. The summed E-state index contributed by atoms with van der Waals surface area (Å²) in [6.07, 6.45) is 1.98. The van der Waals surface area contributed by atoms with Crippen molar-refractivity contribution in [2.45, 2.75) is 54.0 Å². The van der Waals surface area contributed by atoms with Crippen molar-refractivity contribution in [3.63, 3.8) is 0 Å². The molecule has 0 spiro atoms. The van der Waals surface area contributed by atoms with Gasteiger partial charge in [0.2, 0.25) is 5.91 Å². The van der Waals surface area contributed by atoms with E-state index < -0.39 is 12.0 Å². The number of nitrogens with zero attached hydrogens (tertiary/aromatic N) is 1. The third kappa shape index (κ3) is 4.84. The van der Waals surface area contributed by atoms with Crippen LogP contribution in [0.5, 0.6) is 0 Å². The number of aromatic amines is 1. The minimum Gasteiger partial charge on any atom is -0.461 e. The number of ether oxygens (including phenoxy) is 1. The third-order valence-electron chi connectivity index (χ3n) is 4.24. The zero-order valence-corrected chi connectivity index (χ0v) is 16.6. The quantitative estimate of drug-likeness (QED) is 0.415. The van der Waals surface area contributed by atoms with Crippen LogP contribution in [-0.2, 0) is 9.53 Å². The molecule has 1 N–H and O–H groups in total. The van der Waals surface area contributed by atoms with Gasteiger partial charge in [0.05, 0.1) is 12.6 Å². The molecule has 1 aromatic heterocycles. The lowest BCUT2D eigenvalue weighted by atomic mass is 9.99. The van der Waals surface area contributed by atoms with Gasteiger partial charge in [-0.1, -0.05) is 19.9 Å². The minimum atomic E-state index is -0.650. The van der Waals surface area contributed by atoms with Crippen LogP contribution in [0, 0.1) is 19.8 Å². The maximum Gasteiger partial charge on any atom is 0.355 e. The molecule has 0 aromatic carbocycles. The van der Waals surface area contributed by atoms with Crippen LogP contribution < -0.4 is 0 Å². The van der Waals surface area contributed by atoms with Crippen molar-refractivity contribution in [1.82, 2.24) is 9.88 Å². The summed E-state index contributed by atoms with van der Waals surface area (Å²) in [5.41, 5.74) is 1.86. The van der Waals surface area contributed by atoms with Crippen LogP contribution in [0.1, 0.15) is 66.2 Å². The molecule has 6 heteroatoms. The fraction of sp³-hybridized carbons (Fsp3) is 0.550. The number of aromatic nitrogens is 1. The van der Waals surface area contributed by atoms with Gasteiger partial charge in [-0.05, 0) is 39.2 Å². The van der Waals surface area contributed by atoms with E-state index >= 15 is 0 Å². The number of aryl methyl sites for hydroxylation is 1. The first-order chi connectivity index (χ1) is 12.1. The smallest absolute Gasteiger partial charge is 0.355 e. The topological polar surface area (TPSA) is 79.5 Å². The van der Waals surface area contributed by atoms with E-state index in [9.17, 15) is 14.4 Å². The average molecular weight is 362 g/mol. The number of nitrogens with one attached hydrogen (secondary N) is 1. The molecular formula is C20H30N2O4. The Bertz CT molecular complexity index is 688. The number of amides is 1. The monoisotopic (exact) mass is 362 g/mol. The van der Waals surface area contributed by atoms with E-state index in [0.29, 0.717) is 29.8 Å². The largest absolute Gasteiger partial charge is 0.461 e. The van der Waals surface area contributed by atoms with E-state index in [1.165, 1.54) is 4.90 Å². The Balaban J connectivity index is 3.18. The second-order valence-electron chi connectivity index (χ2n) is 6.82. The number of Topliss-reactive ketones (excluding diaryl/α,β-unsaturated/α-hetero) is 1. The number of esters is 1. The van der Waals surface area contributed by atoms with Gasteiger partial charge < -0.3 is 14.6 Å². The van der Waals surface area contributed by atoms with Gasteiger partial charge in [-0.3, -0.25) is 9.59 Å². The summed E-state index contributed by atoms with van der Waals surface area (Å²) < 4.78 is 5.03. The van der Waals surface area contributed by atoms with Gasteiger partial charge >= 0.3 is 5.97 Å². The van der Waals surface area contributed by atoms with Gasteiger partial charge in [0.1, 0.15) is 5.69 Å². The molecule has 0 saturated carbocycles. The van der Waals surface area contributed by atoms with Crippen LogP contribution in [0.3, 0.4) is 0 Å². The molecule has 1 aromatic rings. The molecule has 0 unspecified atom stereocenters. The number of hydrogen-bond donors (Lipinski definition) is 1. The highest BCUT2D eigenvalue weighted by molar-refractivity contribution is 6.06. The molecule has 0 radical (unpaired) electrons. The maximum atomic E-state index is 13.1. The van der Waals surface area contributed by atoms with Gasteiger partial charge in [-0.25, -0.2) is 4.79 Å². The number of carbonyl (C=O) groups excluding carboxylic acids is 3. The highest BCUT2D eigenvalue weighted by Crippen LogP contribution is 2.22. The first-order valence-corrected chi connectivity index (χ1v) is 8.96. The van der Waals surface area contributed by atoms with E-state index in [2.05, 4.69) is 11.6 Å². The van der Waals surface area contributed by atoms with Crippen molar-refractivity contribution in [2.24, 2.45) is 5.92 Å². The summed E-state index contributed by atoms with van der Waals surface area (Å²) in [6, 6.07) is -0.650. The van der Waals surface area contributed by atoms with Crippen LogP contribution in [0.25, 0.3) is 0 Å². The van der Waals surface area contributed by atoms with Gasteiger partial charge in [0, 0.05) is 24.2 Å². The predicted molar refractivity (Wildman–Crippen MR) is 101 cm³/mol. The van der Waals surface area contributed by atoms with E-state index in [4.69, 9.17) is 4.74 Å². The molecule has 1 rings (SSSR count). The molecule has 144 valence electrons. The van der Waals surface area contributed by atoms with Crippen molar-refractivity contribution in [3.05, 3.63) is 35.2 Å². The lowest BCUT2D eigenvalue weighted by Crippen LogP contribution is -2.44. The van der Waals surface area contributed by atoms with Crippen LogP contribution in [0.2, 0.25) is 0 Å². The SMILES string of the molecule is C=CCN(C(=O)CC(C)C)[C@@H](C)C(=O)c1c(C)[nH]c(C(=O)OCC)c1C. The zero-order valence-electron chi connectivity index (χ0n) is 16.6. The lowest BCUT2D eigenvalue weighted by molar-refractivity contribution is -0.132. The Morgan fingerprint density at radius 3 is 2.35 bits per heavy atom. The molecule has 0 aliphatic rings. The Kier molecular flexibility index (Phi) is 7.80.